The number of hydrogen-bond acceptors (Lipinski definition) is 3. The molecule has 0 aliphatic heterocycles. The fourth-order valence-electron chi connectivity index (χ4n) is 1.77. The van der Waals surface area contributed by atoms with Crippen LogP contribution in [0.1, 0.15) is 17.9 Å². The van der Waals surface area contributed by atoms with Crippen LogP contribution in [0.25, 0.3) is 11.3 Å². The smallest absolute Gasteiger partial charge is 0.194 e. The summed E-state index contributed by atoms with van der Waals surface area (Å²) in [6.07, 6.45) is 3.65. The maximum absolute atomic E-state index is 6.00. The number of aryl methyl sites for hydroxylation is 2. The van der Waals surface area contributed by atoms with Crippen LogP contribution >= 0.6 is 11.6 Å². The molecule has 0 bridgehead atoms. The molecule has 1 N–H and O–H groups in total. The van der Waals surface area contributed by atoms with E-state index < -0.39 is 0 Å². The van der Waals surface area contributed by atoms with Crippen molar-refractivity contribution in [3.05, 3.63) is 40.9 Å². The molecule has 0 amide bonds. The van der Waals surface area contributed by atoms with Gasteiger partial charge in [-0.3, -0.25) is 0 Å². The fourth-order valence-corrected chi connectivity index (χ4v) is 1.89. The molecule has 0 atom stereocenters. The highest BCUT2D eigenvalue weighted by atomic mass is 35.5. The van der Waals surface area contributed by atoms with E-state index in [1.807, 2.05) is 32.2 Å². The van der Waals surface area contributed by atoms with Gasteiger partial charge in [-0.15, -0.1) is 0 Å². The highest BCUT2D eigenvalue weighted by molar-refractivity contribution is 6.31. The summed E-state index contributed by atoms with van der Waals surface area (Å²) in [4.78, 5) is 4.29. The van der Waals surface area contributed by atoms with Gasteiger partial charge in [-0.05, 0) is 50.7 Å². The first-order valence-electron chi connectivity index (χ1n) is 6.06. The van der Waals surface area contributed by atoms with Crippen LogP contribution in [-0.2, 0) is 6.42 Å². The second-order valence-electron chi connectivity index (χ2n) is 4.29. The van der Waals surface area contributed by atoms with Crippen molar-refractivity contribution < 1.29 is 4.42 Å². The van der Waals surface area contributed by atoms with E-state index in [4.69, 9.17) is 16.0 Å². The molecule has 1 aromatic carbocycles. The first kappa shape index (κ1) is 13.1. The number of halogens is 1. The van der Waals surface area contributed by atoms with Crippen LogP contribution in [0, 0.1) is 6.92 Å². The summed E-state index contributed by atoms with van der Waals surface area (Å²) in [5, 5.41) is 3.88. The van der Waals surface area contributed by atoms with Crippen molar-refractivity contribution in [2.75, 3.05) is 13.6 Å². The minimum absolute atomic E-state index is 0.771. The first-order chi connectivity index (χ1) is 8.70. The number of nitrogens with zero attached hydrogens (tertiary/aromatic N) is 1. The molecule has 0 radical (unpaired) electrons. The molecule has 0 saturated carbocycles. The summed E-state index contributed by atoms with van der Waals surface area (Å²) in [5.74, 6) is 1.59. The monoisotopic (exact) mass is 264 g/mol. The molecule has 0 aliphatic carbocycles. The van der Waals surface area contributed by atoms with Gasteiger partial charge in [0.2, 0.25) is 0 Å². The van der Waals surface area contributed by atoms with Gasteiger partial charge < -0.3 is 9.73 Å². The lowest BCUT2D eigenvalue weighted by Crippen LogP contribution is -2.08. The summed E-state index contributed by atoms with van der Waals surface area (Å²) < 4.78 is 5.73. The molecule has 0 fully saturated rings. The third kappa shape index (κ3) is 3.12. The predicted octanol–water partition coefficient (Wildman–Crippen LogP) is 3.46. The Kier molecular flexibility index (Phi) is 4.39. The van der Waals surface area contributed by atoms with Crippen molar-refractivity contribution in [1.29, 1.82) is 0 Å². The summed E-state index contributed by atoms with van der Waals surface area (Å²) >= 11 is 6.00. The molecule has 0 aliphatic rings. The van der Waals surface area contributed by atoms with Gasteiger partial charge in [0.1, 0.15) is 0 Å². The summed E-state index contributed by atoms with van der Waals surface area (Å²) in [6, 6.07) is 5.85. The fraction of sp³-hybridized carbons (Fsp3) is 0.357. The lowest BCUT2D eigenvalue weighted by molar-refractivity contribution is 0.495. The van der Waals surface area contributed by atoms with E-state index in [9.17, 15) is 0 Å². The average molecular weight is 265 g/mol. The molecule has 2 aromatic rings. The number of oxazole rings is 1. The maximum atomic E-state index is 6.00. The largest absolute Gasteiger partial charge is 0.441 e. The molecule has 0 saturated heterocycles. The van der Waals surface area contributed by atoms with Gasteiger partial charge in [0.05, 0.1) is 6.20 Å². The van der Waals surface area contributed by atoms with E-state index in [0.29, 0.717) is 0 Å². The summed E-state index contributed by atoms with van der Waals surface area (Å²) in [7, 11) is 1.94. The molecular weight excluding hydrogens is 248 g/mol. The average Bonchev–Trinajstić information content (AvgIpc) is 2.82. The molecule has 2 rings (SSSR count). The van der Waals surface area contributed by atoms with E-state index >= 15 is 0 Å². The van der Waals surface area contributed by atoms with E-state index in [1.165, 1.54) is 0 Å². The lowest BCUT2D eigenvalue weighted by atomic mass is 10.1. The Morgan fingerprint density at radius 3 is 2.94 bits per heavy atom. The zero-order valence-electron chi connectivity index (χ0n) is 10.7. The Hall–Kier alpha value is -1.32. The van der Waals surface area contributed by atoms with E-state index in [2.05, 4.69) is 10.3 Å². The van der Waals surface area contributed by atoms with Gasteiger partial charge >= 0.3 is 0 Å². The number of hydrogen-bond donors (Lipinski definition) is 1. The van der Waals surface area contributed by atoms with Crippen LogP contribution in [0.5, 0.6) is 0 Å². The van der Waals surface area contributed by atoms with Gasteiger partial charge in [0.25, 0.3) is 0 Å². The maximum Gasteiger partial charge on any atom is 0.194 e. The second-order valence-corrected chi connectivity index (χ2v) is 4.70. The van der Waals surface area contributed by atoms with Crippen LogP contribution in [0.3, 0.4) is 0 Å². The Morgan fingerprint density at radius 1 is 1.39 bits per heavy atom. The lowest BCUT2D eigenvalue weighted by Gasteiger charge is -2.00. The molecule has 1 heterocycles. The van der Waals surface area contributed by atoms with Crippen LogP contribution in [0.15, 0.2) is 28.8 Å². The molecule has 3 nitrogen and oxygen atoms in total. The number of rotatable bonds is 5. The Labute approximate surface area is 112 Å². The van der Waals surface area contributed by atoms with Crippen molar-refractivity contribution in [2.24, 2.45) is 0 Å². The van der Waals surface area contributed by atoms with Gasteiger partial charge in [-0.2, -0.15) is 0 Å². The number of benzene rings is 1. The van der Waals surface area contributed by atoms with Crippen molar-refractivity contribution in [3.8, 4) is 11.3 Å². The van der Waals surface area contributed by atoms with Gasteiger partial charge in [0.15, 0.2) is 11.7 Å². The van der Waals surface area contributed by atoms with Gasteiger partial charge in [-0.1, -0.05) is 11.6 Å². The van der Waals surface area contributed by atoms with E-state index in [0.717, 1.165) is 47.2 Å². The number of aromatic nitrogens is 1. The van der Waals surface area contributed by atoms with Crippen molar-refractivity contribution in [1.82, 2.24) is 10.3 Å². The highest BCUT2D eigenvalue weighted by Gasteiger charge is 2.07. The van der Waals surface area contributed by atoms with Crippen LogP contribution in [-0.4, -0.2) is 18.6 Å². The highest BCUT2D eigenvalue weighted by Crippen LogP contribution is 2.25. The van der Waals surface area contributed by atoms with E-state index in [-0.39, 0.29) is 0 Å². The topological polar surface area (TPSA) is 38.1 Å². The summed E-state index contributed by atoms with van der Waals surface area (Å²) in [6.45, 7) is 2.95. The van der Waals surface area contributed by atoms with Crippen molar-refractivity contribution >= 4 is 11.6 Å². The minimum atomic E-state index is 0.771. The standard InChI is InChI=1S/C14H17ClN2O/c1-10-8-11(5-6-12(10)15)13-9-17-14(18-13)4-3-7-16-2/h5-6,8-9,16H,3-4,7H2,1-2H3. The second kappa shape index (κ2) is 6.03. The Morgan fingerprint density at radius 2 is 2.22 bits per heavy atom. The number of nitrogens with one attached hydrogen (secondary N) is 1. The predicted molar refractivity (Wildman–Crippen MR) is 73.9 cm³/mol. The zero-order valence-corrected chi connectivity index (χ0v) is 11.4. The quantitative estimate of drug-likeness (QED) is 0.841. The molecule has 96 valence electrons. The van der Waals surface area contributed by atoms with E-state index in [1.54, 1.807) is 6.20 Å². The molecule has 0 unspecified atom stereocenters. The van der Waals surface area contributed by atoms with Crippen molar-refractivity contribution in [3.63, 3.8) is 0 Å². The van der Waals surface area contributed by atoms with Crippen LogP contribution in [0.2, 0.25) is 5.02 Å². The normalized spacial score (nSPS) is 10.8. The van der Waals surface area contributed by atoms with Crippen LogP contribution < -0.4 is 5.32 Å². The Balaban J connectivity index is 2.11. The van der Waals surface area contributed by atoms with Crippen LogP contribution in [0.4, 0.5) is 0 Å². The van der Waals surface area contributed by atoms with Gasteiger partial charge in [-0.25, -0.2) is 4.98 Å². The third-order valence-corrected chi connectivity index (χ3v) is 3.24. The summed E-state index contributed by atoms with van der Waals surface area (Å²) in [5.41, 5.74) is 2.06. The third-order valence-electron chi connectivity index (χ3n) is 2.81. The molecule has 4 heteroatoms. The van der Waals surface area contributed by atoms with Crippen molar-refractivity contribution in [2.45, 2.75) is 19.8 Å². The zero-order chi connectivity index (χ0) is 13.0. The van der Waals surface area contributed by atoms with Gasteiger partial charge in [0, 0.05) is 17.0 Å². The SMILES string of the molecule is CNCCCc1ncc(-c2ccc(Cl)c(C)c2)o1. The molecular formula is C14H17ClN2O. The Bertz CT molecular complexity index is 522. The first-order valence-corrected chi connectivity index (χ1v) is 6.44. The molecule has 1 aromatic heterocycles. The molecule has 0 spiro atoms. The molecule has 18 heavy (non-hydrogen) atoms. The minimum Gasteiger partial charge on any atom is -0.441 e.